The molecule has 132 valence electrons. The minimum atomic E-state index is 0.752. The van der Waals surface area contributed by atoms with E-state index in [2.05, 4.69) is 20.0 Å². The zero-order chi connectivity index (χ0) is 18.3. The second kappa shape index (κ2) is 8.48. The van der Waals surface area contributed by atoms with Gasteiger partial charge in [-0.05, 0) is 48.5 Å². The van der Waals surface area contributed by atoms with E-state index in [1.54, 1.807) is 47.5 Å². The maximum absolute atomic E-state index is 5.86. The summed E-state index contributed by atoms with van der Waals surface area (Å²) in [5.41, 5.74) is 1.70. The number of thiazole rings is 2. The SMILES string of the molecule is C(=Nc1ccc(Oc2ccc(N=Cc3nccs3)cc2)cc1)c1nccs1. The molecule has 0 N–H and O–H groups in total. The second-order valence-electron chi connectivity index (χ2n) is 5.35. The van der Waals surface area contributed by atoms with E-state index in [1.165, 1.54) is 0 Å². The van der Waals surface area contributed by atoms with Crippen LogP contribution in [-0.4, -0.2) is 22.4 Å². The zero-order valence-electron chi connectivity index (χ0n) is 14.1. The van der Waals surface area contributed by atoms with E-state index in [4.69, 9.17) is 4.74 Å². The van der Waals surface area contributed by atoms with Crippen molar-refractivity contribution in [2.45, 2.75) is 0 Å². The van der Waals surface area contributed by atoms with Gasteiger partial charge in [-0.3, -0.25) is 9.98 Å². The Morgan fingerprint density at radius 1 is 0.667 bits per heavy atom. The fourth-order valence-electron chi connectivity index (χ4n) is 2.19. The van der Waals surface area contributed by atoms with Crippen molar-refractivity contribution >= 4 is 46.5 Å². The Labute approximate surface area is 164 Å². The van der Waals surface area contributed by atoms with Crippen molar-refractivity contribution in [1.29, 1.82) is 0 Å². The van der Waals surface area contributed by atoms with Gasteiger partial charge in [-0.2, -0.15) is 0 Å². The van der Waals surface area contributed by atoms with Gasteiger partial charge in [-0.1, -0.05) is 0 Å². The van der Waals surface area contributed by atoms with Crippen LogP contribution >= 0.6 is 22.7 Å². The fraction of sp³-hybridized carbons (Fsp3) is 0. The average Bonchev–Trinajstić information content (AvgIpc) is 3.41. The second-order valence-corrected chi connectivity index (χ2v) is 7.20. The van der Waals surface area contributed by atoms with Gasteiger partial charge >= 0.3 is 0 Å². The molecule has 0 amide bonds. The molecule has 0 fully saturated rings. The molecule has 0 saturated carbocycles. The number of hydrogen-bond donors (Lipinski definition) is 0. The summed E-state index contributed by atoms with van der Waals surface area (Å²) in [5.74, 6) is 1.50. The average molecular weight is 390 g/mol. The molecule has 0 aliphatic carbocycles. The summed E-state index contributed by atoms with van der Waals surface area (Å²) in [6.45, 7) is 0. The van der Waals surface area contributed by atoms with E-state index in [0.29, 0.717) is 0 Å². The smallest absolute Gasteiger partial charge is 0.134 e. The fourth-order valence-corrected chi connectivity index (χ4v) is 3.19. The highest BCUT2D eigenvalue weighted by Crippen LogP contribution is 2.26. The van der Waals surface area contributed by atoms with Crippen molar-refractivity contribution in [1.82, 2.24) is 9.97 Å². The number of nitrogens with zero attached hydrogens (tertiary/aromatic N) is 4. The van der Waals surface area contributed by atoms with Gasteiger partial charge < -0.3 is 4.74 Å². The molecule has 0 spiro atoms. The number of aromatic nitrogens is 2. The Balaban J connectivity index is 1.37. The highest BCUT2D eigenvalue weighted by molar-refractivity contribution is 7.11. The van der Waals surface area contributed by atoms with Gasteiger partial charge in [0.15, 0.2) is 0 Å². The Morgan fingerprint density at radius 2 is 1.11 bits per heavy atom. The quantitative estimate of drug-likeness (QED) is 0.386. The van der Waals surface area contributed by atoms with Crippen LogP contribution in [0.15, 0.2) is 81.7 Å². The topological polar surface area (TPSA) is 59.7 Å². The predicted octanol–water partition coefficient (Wildman–Crippen LogP) is 5.89. The van der Waals surface area contributed by atoms with Crippen LogP contribution in [-0.2, 0) is 0 Å². The third kappa shape index (κ3) is 4.93. The summed E-state index contributed by atoms with van der Waals surface area (Å²) in [7, 11) is 0. The minimum absolute atomic E-state index is 0.752. The summed E-state index contributed by atoms with van der Waals surface area (Å²) in [6.07, 6.45) is 7.04. The Kier molecular flexibility index (Phi) is 5.42. The molecular weight excluding hydrogens is 376 g/mol. The van der Waals surface area contributed by atoms with Crippen molar-refractivity contribution in [3.63, 3.8) is 0 Å². The first-order valence-electron chi connectivity index (χ1n) is 8.10. The van der Waals surface area contributed by atoms with Gasteiger partial charge in [0.2, 0.25) is 0 Å². The van der Waals surface area contributed by atoms with Crippen LogP contribution in [0.4, 0.5) is 11.4 Å². The molecule has 7 heteroatoms. The Hall–Kier alpha value is -3.16. The molecule has 0 radical (unpaired) electrons. The summed E-state index contributed by atoms with van der Waals surface area (Å²) in [6, 6.07) is 15.2. The van der Waals surface area contributed by atoms with Crippen LogP contribution in [0.25, 0.3) is 0 Å². The van der Waals surface area contributed by atoms with Crippen molar-refractivity contribution in [2.24, 2.45) is 9.98 Å². The summed E-state index contributed by atoms with van der Waals surface area (Å²) >= 11 is 3.11. The number of hydrogen-bond acceptors (Lipinski definition) is 7. The monoisotopic (exact) mass is 390 g/mol. The molecule has 4 rings (SSSR count). The minimum Gasteiger partial charge on any atom is -0.457 e. The lowest BCUT2D eigenvalue weighted by Gasteiger charge is -2.06. The molecule has 0 atom stereocenters. The molecule has 4 aromatic rings. The maximum atomic E-state index is 5.86. The highest BCUT2D eigenvalue weighted by atomic mass is 32.1. The summed E-state index contributed by atoms with van der Waals surface area (Å²) in [4.78, 5) is 17.1. The molecule has 27 heavy (non-hydrogen) atoms. The zero-order valence-corrected chi connectivity index (χ0v) is 15.7. The van der Waals surface area contributed by atoms with Gasteiger partial charge in [-0.15, -0.1) is 22.7 Å². The molecule has 0 aliphatic heterocycles. The first-order chi connectivity index (χ1) is 13.3. The first-order valence-corrected chi connectivity index (χ1v) is 9.86. The lowest BCUT2D eigenvalue weighted by atomic mass is 10.3. The maximum Gasteiger partial charge on any atom is 0.134 e. The van der Waals surface area contributed by atoms with Crippen LogP contribution in [0.1, 0.15) is 10.0 Å². The molecule has 0 unspecified atom stereocenters. The van der Waals surface area contributed by atoms with Crippen LogP contribution in [0.2, 0.25) is 0 Å². The molecule has 2 aromatic carbocycles. The molecule has 0 saturated heterocycles. The molecule has 2 heterocycles. The van der Waals surface area contributed by atoms with Gasteiger partial charge in [0.05, 0.1) is 23.8 Å². The van der Waals surface area contributed by atoms with E-state index < -0.39 is 0 Å². The van der Waals surface area contributed by atoms with Crippen molar-refractivity contribution < 1.29 is 4.74 Å². The van der Waals surface area contributed by atoms with Crippen molar-refractivity contribution in [3.05, 3.63) is 81.7 Å². The highest BCUT2D eigenvalue weighted by Gasteiger charge is 1.99. The number of rotatable bonds is 6. The van der Waals surface area contributed by atoms with Crippen molar-refractivity contribution in [2.75, 3.05) is 0 Å². The van der Waals surface area contributed by atoms with Crippen molar-refractivity contribution in [3.8, 4) is 11.5 Å². The van der Waals surface area contributed by atoms with Crippen LogP contribution < -0.4 is 4.74 Å². The van der Waals surface area contributed by atoms with Gasteiger partial charge in [0.1, 0.15) is 21.5 Å². The largest absolute Gasteiger partial charge is 0.457 e. The predicted molar refractivity (Wildman–Crippen MR) is 112 cm³/mol. The van der Waals surface area contributed by atoms with E-state index in [-0.39, 0.29) is 0 Å². The van der Waals surface area contributed by atoms with E-state index in [1.807, 2.05) is 59.3 Å². The van der Waals surface area contributed by atoms with Crippen LogP contribution in [0.5, 0.6) is 11.5 Å². The van der Waals surface area contributed by atoms with Crippen LogP contribution in [0.3, 0.4) is 0 Å². The van der Waals surface area contributed by atoms with Gasteiger partial charge in [0, 0.05) is 23.2 Å². The van der Waals surface area contributed by atoms with Crippen LogP contribution in [0, 0.1) is 0 Å². The number of benzene rings is 2. The van der Waals surface area contributed by atoms with Gasteiger partial charge in [0.25, 0.3) is 0 Å². The molecule has 0 aliphatic rings. The number of aliphatic imine (C=N–C) groups is 2. The summed E-state index contributed by atoms with van der Waals surface area (Å²) in [5, 5.41) is 5.61. The summed E-state index contributed by atoms with van der Waals surface area (Å²) < 4.78 is 5.86. The van der Waals surface area contributed by atoms with E-state index in [9.17, 15) is 0 Å². The van der Waals surface area contributed by atoms with E-state index in [0.717, 1.165) is 32.9 Å². The standard InChI is InChI=1S/C20H14N4OS2/c1-5-17(6-2-15(1)23-13-19-21-9-11-26-19)25-18-7-3-16(4-8-18)24-14-20-22-10-12-27-20/h1-14H. The third-order valence-corrected chi connectivity index (χ3v) is 4.88. The molecular formula is C20H14N4OS2. The third-order valence-electron chi connectivity index (χ3n) is 3.46. The number of ether oxygens (including phenoxy) is 1. The normalized spacial score (nSPS) is 11.4. The first kappa shape index (κ1) is 17.3. The molecule has 5 nitrogen and oxygen atoms in total. The Morgan fingerprint density at radius 3 is 1.48 bits per heavy atom. The Bertz CT molecular complexity index is 937. The van der Waals surface area contributed by atoms with E-state index >= 15 is 0 Å². The lowest BCUT2D eigenvalue weighted by Crippen LogP contribution is -1.83. The molecule has 2 aromatic heterocycles. The molecule has 0 bridgehead atoms. The lowest BCUT2D eigenvalue weighted by molar-refractivity contribution is 0.483. The van der Waals surface area contributed by atoms with Gasteiger partial charge in [-0.25, -0.2) is 9.97 Å².